The van der Waals surface area contributed by atoms with Crippen LogP contribution in [0, 0.1) is 17.6 Å². The zero-order valence-corrected chi connectivity index (χ0v) is 7.33. The second-order valence-corrected chi connectivity index (χ2v) is 2.81. The van der Waals surface area contributed by atoms with E-state index in [1.165, 1.54) is 0 Å². The lowest BCUT2D eigenvalue weighted by atomic mass is 10.0. The van der Waals surface area contributed by atoms with Gasteiger partial charge >= 0.3 is 0 Å². The number of hydrogen-bond donors (Lipinski definition) is 0. The molecule has 0 heterocycles. The second kappa shape index (κ2) is 3.85. The third-order valence-corrected chi connectivity index (χ3v) is 1.99. The van der Waals surface area contributed by atoms with Crippen molar-refractivity contribution in [3.05, 3.63) is 41.3 Å². The van der Waals surface area contributed by atoms with Gasteiger partial charge in [-0.2, -0.15) is 0 Å². The van der Waals surface area contributed by atoms with E-state index in [9.17, 15) is 8.78 Å². The Balaban J connectivity index is 3.04. The molecular formula is C9H8ClF2. The summed E-state index contributed by atoms with van der Waals surface area (Å²) in [6.07, 6.45) is 0. The summed E-state index contributed by atoms with van der Waals surface area (Å²) in [6.45, 7) is 1.67. The van der Waals surface area contributed by atoms with Crippen LogP contribution in [0.15, 0.2) is 18.2 Å². The van der Waals surface area contributed by atoms with E-state index >= 15 is 0 Å². The van der Waals surface area contributed by atoms with Crippen molar-refractivity contribution in [2.75, 3.05) is 5.88 Å². The normalized spacial score (nSPS) is 10.8. The minimum Gasteiger partial charge on any atom is -0.207 e. The number of alkyl halides is 1. The molecule has 3 heteroatoms. The minimum atomic E-state index is -0.448. The average molecular weight is 190 g/mol. The maximum Gasteiger partial charge on any atom is 0.127 e. The van der Waals surface area contributed by atoms with Crippen LogP contribution in [0.2, 0.25) is 0 Å². The fourth-order valence-electron chi connectivity index (χ4n) is 0.897. The van der Waals surface area contributed by atoms with Crippen LogP contribution in [-0.4, -0.2) is 5.88 Å². The van der Waals surface area contributed by atoms with Crippen molar-refractivity contribution in [3.8, 4) is 0 Å². The van der Waals surface area contributed by atoms with Gasteiger partial charge in [0.25, 0.3) is 0 Å². The summed E-state index contributed by atoms with van der Waals surface area (Å²) in [7, 11) is 0. The summed E-state index contributed by atoms with van der Waals surface area (Å²) in [6, 6.07) is 3.33. The van der Waals surface area contributed by atoms with Gasteiger partial charge in [0.2, 0.25) is 0 Å². The van der Waals surface area contributed by atoms with Crippen molar-refractivity contribution < 1.29 is 8.78 Å². The van der Waals surface area contributed by atoms with Crippen LogP contribution in [0.3, 0.4) is 0 Å². The third-order valence-electron chi connectivity index (χ3n) is 1.59. The van der Waals surface area contributed by atoms with Crippen molar-refractivity contribution >= 4 is 11.6 Å². The predicted octanol–water partition coefficient (Wildman–Crippen LogP) is 3.15. The van der Waals surface area contributed by atoms with E-state index in [2.05, 4.69) is 0 Å². The van der Waals surface area contributed by atoms with Gasteiger partial charge in [-0.05, 0) is 23.8 Å². The zero-order valence-electron chi connectivity index (χ0n) is 6.57. The third kappa shape index (κ3) is 1.95. The molecule has 0 atom stereocenters. The standard InChI is InChI=1S/C9H8ClF2/c1-6(5-10)8-4-7(11)2-3-9(8)12/h2-4H,5H2,1H3. The van der Waals surface area contributed by atoms with Crippen molar-refractivity contribution in [2.45, 2.75) is 6.92 Å². The van der Waals surface area contributed by atoms with E-state index in [4.69, 9.17) is 11.6 Å². The Kier molecular flexibility index (Phi) is 3.04. The highest BCUT2D eigenvalue weighted by Crippen LogP contribution is 2.19. The first-order valence-electron chi connectivity index (χ1n) is 3.49. The van der Waals surface area contributed by atoms with Crippen LogP contribution < -0.4 is 0 Å². The van der Waals surface area contributed by atoms with E-state index in [1.54, 1.807) is 6.92 Å². The molecular weight excluding hydrogens is 182 g/mol. The van der Waals surface area contributed by atoms with Gasteiger partial charge in [-0.3, -0.25) is 0 Å². The van der Waals surface area contributed by atoms with Crippen LogP contribution in [0.5, 0.6) is 0 Å². The molecule has 1 radical (unpaired) electrons. The molecule has 0 aliphatic heterocycles. The summed E-state index contributed by atoms with van der Waals surface area (Å²) >= 11 is 5.48. The maximum atomic E-state index is 13.0. The lowest BCUT2D eigenvalue weighted by molar-refractivity contribution is 0.590. The van der Waals surface area contributed by atoms with E-state index in [0.717, 1.165) is 18.2 Å². The van der Waals surface area contributed by atoms with Crippen molar-refractivity contribution in [2.24, 2.45) is 0 Å². The summed E-state index contributed by atoms with van der Waals surface area (Å²) in [5.74, 6) is -0.0421. The Morgan fingerprint density at radius 2 is 2.08 bits per heavy atom. The van der Waals surface area contributed by atoms with Gasteiger partial charge in [0, 0.05) is 11.8 Å². The van der Waals surface area contributed by atoms with E-state index in [-0.39, 0.29) is 11.4 Å². The van der Waals surface area contributed by atoms with Gasteiger partial charge in [0.05, 0.1) is 0 Å². The first kappa shape index (κ1) is 9.46. The van der Waals surface area contributed by atoms with E-state index < -0.39 is 11.6 Å². The Hall–Kier alpha value is -0.630. The van der Waals surface area contributed by atoms with Gasteiger partial charge in [0.1, 0.15) is 11.6 Å². The molecule has 0 spiro atoms. The van der Waals surface area contributed by atoms with E-state index in [1.807, 2.05) is 0 Å². The van der Waals surface area contributed by atoms with Crippen LogP contribution >= 0.6 is 11.6 Å². The Labute approximate surface area is 75.2 Å². The smallest absolute Gasteiger partial charge is 0.127 e. The molecule has 0 unspecified atom stereocenters. The van der Waals surface area contributed by atoms with Gasteiger partial charge < -0.3 is 0 Å². The second-order valence-electron chi connectivity index (χ2n) is 2.54. The average Bonchev–Trinajstić information content (AvgIpc) is 2.08. The van der Waals surface area contributed by atoms with Gasteiger partial charge in [-0.1, -0.05) is 6.92 Å². The summed E-state index contributed by atoms with van der Waals surface area (Å²) in [5, 5.41) is 0. The summed E-state index contributed by atoms with van der Waals surface area (Å²) < 4.78 is 25.6. The fourth-order valence-corrected chi connectivity index (χ4v) is 1.04. The molecule has 1 aromatic carbocycles. The van der Waals surface area contributed by atoms with Crippen LogP contribution in [0.1, 0.15) is 12.5 Å². The fraction of sp³-hybridized carbons (Fsp3) is 0.222. The Morgan fingerprint density at radius 1 is 1.42 bits per heavy atom. The molecule has 0 N–H and O–H groups in total. The maximum absolute atomic E-state index is 13.0. The van der Waals surface area contributed by atoms with Gasteiger partial charge in [-0.25, -0.2) is 8.78 Å². The highest BCUT2D eigenvalue weighted by molar-refractivity contribution is 6.19. The number of halogens is 3. The number of rotatable bonds is 2. The van der Waals surface area contributed by atoms with Crippen molar-refractivity contribution in [1.29, 1.82) is 0 Å². The molecule has 65 valence electrons. The molecule has 0 saturated carbocycles. The number of benzene rings is 1. The molecule has 0 saturated heterocycles. The first-order chi connectivity index (χ1) is 5.65. The molecule has 1 rings (SSSR count). The zero-order chi connectivity index (χ0) is 9.14. The molecule has 0 nitrogen and oxygen atoms in total. The predicted molar refractivity (Wildman–Crippen MR) is 45.1 cm³/mol. The lowest BCUT2D eigenvalue weighted by Gasteiger charge is -2.07. The highest BCUT2D eigenvalue weighted by atomic mass is 35.5. The molecule has 12 heavy (non-hydrogen) atoms. The quantitative estimate of drug-likeness (QED) is 0.627. The monoisotopic (exact) mass is 189 g/mol. The number of hydrogen-bond acceptors (Lipinski definition) is 0. The summed E-state index contributed by atoms with van der Waals surface area (Å²) in [4.78, 5) is 0. The molecule has 0 aliphatic rings. The van der Waals surface area contributed by atoms with Crippen molar-refractivity contribution in [3.63, 3.8) is 0 Å². The molecule has 0 amide bonds. The molecule has 1 aromatic rings. The lowest BCUT2D eigenvalue weighted by Crippen LogP contribution is -2.00. The Bertz CT molecular complexity index is 273. The van der Waals surface area contributed by atoms with Crippen LogP contribution in [0.4, 0.5) is 8.78 Å². The van der Waals surface area contributed by atoms with Gasteiger partial charge in [0.15, 0.2) is 0 Å². The SMILES string of the molecule is C[C](CCl)c1cc(F)ccc1F. The van der Waals surface area contributed by atoms with Crippen LogP contribution in [0.25, 0.3) is 0 Å². The molecule has 0 bridgehead atoms. The molecule has 0 fully saturated rings. The topological polar surface area (TPSA) is 0 Å². The molecule has 0 aromatic heterocycles. The largest absolute Gasteiger partial charge is 0.207 e. The molecule has 0 aliphatic carbocycles. The Morgan fingerprint density at radius 3 is 2.67 bits per heavy atom. The van der Waals surface area contributed by atoms with E-state index in [0.29, 0.717) is 5.92 Å². The summed E-state index contributed by atoms with van der Waals surface area (Å²) in [5.41, 5.74) is 0.255. The minimum absolute atomic E-state index is 0.209. The van der Waals surface area contributed by atoms with Gasteiger partial charge in [-0.15, -0.1) is 11.6 Å². The van der Waals surface area contributed by atoms with Crippen molar-refractivity contribution in [1.82, 2.24) is 0 Å². The first-order valence-corrected chi connectivity index (χ1v) is 4.02. The highest BCUT2D eigenvalue weighted by Gasteiger charge is 2.10. The van der Waals surface area contributed by atoms with Crippen LogP contribution in [-0.2, 0) is 0 Å².